The molecule has 5 atom stereocenters. The summed E-state index contributed by atoms with van der Waals surface area (Å²) < 4.78 is 1.95. The predicted molar refractivity (Wildman–Crippen MR) is 89.1 cm³/mol. The van der Waals surface area contributed by atoms with Gasteiger partial charge in [0.1, 0.15) is 6.33 Å². The minimum Gasteiger partial charge on any atom is -0.543 e. The van der Waals surface area contributed by atoms with E-state index in [4.69, 9.17) is 0 Å². The van der Waals surface area contributed by atoms with Crippen molar-refractivity contribution in [2.45, 2.75) is 42.9 Å². The number of β-lactam (4-membered cyclic amide) rings is 1. The number of nitrogens with zero attached hydrogens (tertiary/aromatic N) is 4. The van der Waals surface area contributed by atoms with Crippen LogP contribution in [0.5, 0.6) is 0 Å². The molecule has 1 saturated heterocycles. The second-order valence-electron chi connectivity index (χ2n) is 6.57. The van der Waals surface area contributed by atoms with Crippen molar-refractivity contribution in [3.8, 4) is 0 Å². The molecule has 4 rings (SSSR count). The number of aliphatic hydroxyl groups is 1. The van der Waals surface area contributed by atoms with Gasteiger partial charge in [-0.3, -0.25) is 4.79 Å². The van der Waals surface area contributed by atoms with Gasteiger partial charge >= 0.3 is 29.6 Å². The van der Waals surface area contributed by atoms with Crippen molar-refractivity contribution < 1.29 is 49.4 Å². The minimum absolute atomic E-state index is 0. The number of amides is 1. The number of aliphatic hydroxyl groups excluding tert-OH is 1. The smallest absolute Gasteiger partial charge is 0.543 e. The van der Waals surface area contributed by atoms with Crippen molar-refractivity contribution in [1.82, 2.24) is 19.7 Å². The summed E-state index contributed by atoms with van der Waals surface area (Å²) >= 11 is 3.07. The first kappa shape index (κ1) is 20.2. The largest absolute Gasteiger partial charge is 1.00 e. The number of hydrogen-bond donors (Lipinski definition) is 1. The number of rotatable bonds is 4. The molecule has 1 aromatic rings. The zero-order valence-corrected chi connectivity index (χ0v) is 18.3. The van der Waals surface area contributed by atoms with Gasteiger partial charge in [0, 0.05) is 28.4 Å². The van der Waals surface area contributed by atoms with Crippen LogP contribution in [-0.2, 0) is 16.1 Å². The Morgan fingerprint density at radius 2 is 2.27 bits per heavy atom. The van der Waals surface area contributed by atoms with E-state index in [0.717, 1.165) is 10.9 Å². The standard InChI is InChI=1S/C15H18N4O4S2.Na/c1-6-10-9(7(2)20)13(21)19(10)11(14(22)23)12(6)25-8-3-18-5-16-17-15(18)24-4-8;/h5-10,20H,3-4H2,1-2H3,(H,22,23);/q;+1/p-1/t6-,7-,8?,9-,10-;/m1./s1. The first-order valence-corrected chi connectivity index (χ1v) is 9.90. The van der Waals surface area contributed by atoms with Gasteiger partial charge in [-0.1, -0.05) is 18.7 Å². The molecule has 1 amide bonds. The fourth-order valence-corrected chi connectivity index (χ4v) is 6.39. The summed E-state index contributed by atoms with van der Waals surface area (Å²) in [5.41, 5.74) is -0.0241. The molecule has 0 bridgehead atoms. The number of hydrogen-bond acceptors (Lipinski definition) is 8. The topological polar surface area (TPSA) is 111 Å². The monoisotopic (exact) mass is 404 g/mol. The fourth-order valence-electron chi connectivity index (χ4n) is 3.84. The number of carbonyl (C=O) groups is 2. The van der Waals surface area contributed by atoms with Crippen molar-refractivity contribution >= 4 is 35.4 Å². The van der Waals surface area contributed by atoms with Crippen LogP contribution in [-0.4, -0.2) is 59.8 Å². The van der Waals surface area contributed by atoms with Gasteiger partial charge in [0.05, 0.1) is 29.7 Å². The Kier molecular flexibility index (Phi) is 5.82. The Labute approximate surface area is 181 Å². The summed E-state index contributed by atoms with van der Waals surface area (Å²) in [7, 11) is 0. The van der Waals surface area contributed by atoms with Crippen molar-refractivity contribution in [3.63, 3.8) is 0 Å². The molecule has 1 aromatic heterocycles. The maximum absolute atomic E-state index is 12.3. The van der Waals surface area contributed by atoms with Crippen molar-refractivity contribution in [2.24, 2.45) is 11.8 Å². The Morgan fingerprint density at radius 3 is 2.92 bits per heavy atom. The van der Waals surface area contributed by atoms with Gasteiger partial charge in [-0.15, -0.1) is 22.0 Å². The average Bonchev–Trinajstić information content (AvgIpc) is 3.09. The van der Waals surface area contributed by atoms with Crippen molar-refractivity contribution in [2.75, 3.05) is 5.75 Å². The zero-order valence-electron chi connectivity index (χ0n) is 14.7. The molecule has 26 heavy (non-hydrogen) atoms. The van der Waals surface area contributed by atoms with E-state index in [1.54, 1.807) is 25.0 Å². The summed E-state index contributed by atoms with van der Waals surface area (Å²) in [6, 6.07) is -0.301. The molecule has 1 N–H and O–H groups in total. The Bertz CT molecular complexity index is 783. The van der Waals surface area contributed by atoms with Gasteiger partial charge in [0.25, 0.3) is 0 Å². The van der Waals surface area contributed by atoms with Crippen LogP contribution in [0, 0.1) is 11.8 Å². The molecule has 4 heterocycles. The van der Waals surface area contributed by atoms with Crippen molar-refractivity contribution in [1.29, 1.82) is 0 Å². The van der Waals surface area contributed by atoms with E-state index >= 15 is 0 Å². The maximum atomic E-state index is 12.3. The normalized spacial score (nSPS) is 31.0. The molecule has 3 aliphatic heterocycles. The predicted octanol–water partition coefficient (Wildman–Crippen LogP) is -3.69. The summed E-state index contributed by atoms with van der Waals surface area (Å²) in [4.78, 5) is 26.0. The number of aromatic nitrogens is 3. The van der Waals surface area contributed by atoms with Crippen LogP contribution in [0.25, 0.3) is 0 Å². The maximum Gasteiger partial charge on any atom is 1.00 e. The molecular formula is C15H17N4NaO4S2. The number of carbonyl (C=O) groups excluding carboxylic acids is 2. The van der Waals surface area contributed by atoms with Crippen molar-refractivity contribution in [3.05, 3.63) is 16.9 Å². The van der Waals surface area contributed by atoms with Crippen LogP contribution >= 0.6 is 23.5 Å². The Hall–Kier alpha value is -0.520. The van der Waals surface area contributed by atoms with Gasteiger partial charge in [0.2, 0.25) is 5.91 Å². The molecule has 0 radical (unpaired) electrons. The molecule has 0 saturated carbocycles. The number of carboxylic acids is 1. The zero-order chi connectivity index (χ0) is 17.9. The quantitative estimate of drug-likeness (QED) is 0.403. The minimum atomic E-state index is -1.33. The molecular weight excluding hydrogens is 387 g/mol. The van der Waals surface area contributed by atoms with Crippen LogP contribution in [0.1, 0.15) is 13.8 Å². The van der Waals surface area contributed by atoms with Gasteiger partial charge in [-0.25, -0.2) is 0 Å². The van der Waals surface area contributed by atoms with E-state index in [1.165, 1.54) is 16.7 Å². The molecule has 0 aromatic carbocycles. The number of fused-ring (bicyclic) bond motifs is 2. The van der Waals surface area contributed by atoms with E-state index < -0.39 is 18.0 Å². The second-order valence-corrected chi connectivity index (χ2v) is 8.90. The molecule has 134 valence electrons. The van der Waals surface area contributed by atoms with E-state index in [2.05, 4.69) is 10.2 Å². The third kappa shape index (κ3) is 3.04. The molecule has 1 unspecified atom stereocenters. The second kappa shape index (κ2) is 7.48. The van der Waals surface area contributed by atoms with E-state index in [0.29, 0.717) is 11.4 Å². The first-order valence-electron chi connectivity index (χ1n) is 8.04. The van der Waals surface area contributed by atoms with Crippen LogP contribution in [0.2, 0.25) is 0 Å². The van der Waals surface area contributed by atoms with E-state index in [-0.39, 0.29) is 58.4 Å². The van der Waals surface area contributed by atoms with Crippen LogP contribution < -0.4 is 34.7 Å². The third-order valence-corrected chi connectivity index (χ3v) is 7.80. The van der Waals surface area contributed by atoms with Gasteiger partial charge in [0.15, 0.2) is 5.16 Å². The fraction of sp³-hybridized carbons (Fsp3) is 0.600. The van der Waals surface area contributed by atoms with Gasteiger partial charge in [-0.2, -0.15) is 0 Å². The molecule has 1 fully saturated rings. The van der Waals surface area contributed by atoms with E-state index in [9.17, 15) is 19.8 Å². The summed E-state index contributed by atoms with van der Waals surface area (Å²) in [6.07, 6.45) is 0.870. The summed E-state index contributed by atoms with van der Waals surface area (Å²) in [5, 5.41) is 30.5. The Balaban J connectivity index is 0.00000196. The van der Waals surface area contributed by atoms with Crippen LogP contribution in [0.15, 0.2) is 22.1 Å². The van der Waals surface area contributed by atoms with Crippen LogP contribution in [0.4, 0.5) is 0 Å². The number of aliphatic carboxylic acids is 1. The molecule has 11 heteroatoms. The SMILES string of the molecule is C[C@@H](O)[C@H]1C(=O)N2C(C(=O)[O-])=C(SC3CSc4nncn4C3)[C@H](C)[C@H]12.[Na+]. The average molecular weight is 404 g/mol. The van der Waals surface area contributed by atoms with Gasteiger partial charge < -0.3 is 24.5 Å². The summed E-state index contributed by atoms with van der Waals surface area (Å²) in [6.45, 7) is 4.18. The van der Waals surface area contributed by atoms with E-state index in [1.807, 2.05) is 11.5 Å². The molecule has 8 nitrogen and oxygen atoms in total. The molecule has 0 spiro atoms. The summed E-state index contributed by atoms with van der Waals surface area (Å²) in [5.74, 6) is -1.56. The first-order chi connectivity index (χ1) is 11.9. The number of carboxylic acid groups (broad SMARTS) is 1. The molecule has 0 aliphatic carbocycles. The Morgan fingerprint density at radius 1 is 1.54 bits per heavy atom. The number of thioether (sulfide) groups is 2. The van der Waals surface area contributed by atoms with Gasteiger partial charge in [-0.05, 0) is 6.92 Å². The third-order valence-electron chi connectivity index (χ3n) is 4.97. The van der Waals surface area contributed by atoms with Crippen LogP contribution in [0.3, 0.4) is 0 Å². The molecule has 3 aliphatic rings.